The Morgan fingerprint density at radius 3 is 2.42 bits per heavy atom. The van der Waals surface area contributed by atoms with Gasteiger partial charge < -0.3 is 19.9 Å². The molecular weight excluding hydrogens is 334 g/mol. The second-order valence-corrected chi connectivity index (χ2v) is 6.67. The third-order valence-electron chi connectivity index (χ3n) is 4.64. The Hall–Kier alpha value is -2.67. The highest BCUT2D eigenvalue weighted by atomic mass is 16.3. The second-order valence-electron chi connectivity index (χ2n) is 6.67. The van der Waals surface area contributed by atoms with E-state index < -0.39 is 17.8 Å². The van der Waals surface area contributed by atoms with Crippen molar-refractivity contribution in [1.82, 2.24) is 14.8 Å². The van der Waals surface area contributed by atoms with Crippen molar-refractivity contribution in [2.75, 3.05) is 26.2 Å². The van der Waals surface area contributed by atoms with Gasteiger partial charge in [-0.3, -0.25) is 14.4 Å². The molecule has 0 saturated carbocycles. The Bertz CT molecular complexity index is 786. The van der Waals surface area contributed by atoms with E-state index in [1.165, 1.54) is 4.90 Å². The summed E-state index contributed by atoms with van der Waals surface area (Å²) in [6, 6.07) is 9.52. The molecule has 2 amide bonds. The van der Waals surface area contributed by atoms with E-state index in [2.05, 4.69) is 4.98 Å². The molecule has 0 radical (unpaired) electrons. The number of piperazine rings is 1. The predicted octanol–water partition coefficient (Wildman–Crippen LogP) is 1.18. The van der Waals surface area contributed by atoms with Crippen LogP contribution in [0.1, 0.15) is 30.3 Å². The van der Waals surface area contributed by atoms with Gasteiger partial charge in [-0.1, -0.05) is 18.2 Å². The Kier molecular flexibility index (Phi) is 5.37. The summed E-state index contributed by atoms with van der Waals surface area (Å²) in [6.07, 6.45) is -0.272. The number of para-hydroxylation sites is 1. The van der Waals surface area contributed by atoms with Crippen molar-refractivity contribution in [3.05, 3.63) is 36.0 Å². The standard InChI is InChI=1S/C19H23N3O4/c1-13(23)6-7-17(24)19(26)22-10-8-21(9-11-22)18(25)16-12-14-4-2-3-5-15(14)20-16/h2-5,12-13,20,23H,6-11H2,1H3/t13-/m1/s1. The number of H-pyrrole nitrogens is 1. The molecule has 0 bridgehead atoms. The molecule has 26 heavy (non-hydrogen) atoms. The zero-order valence-corrected chi connectivity index (χ0v) is 14.8. The molecule has 2 aromatic rings. The summed E-state index contributed by atoms with van der Waals surface area (Å²) in [7, 11) is 0. The summed E-state index contributed by atoms with van der Waals surface area (Å²) in [4.78, 5) is 43.0. The van der Waals surface area contributed by atoms with Crippen LogP contribution in [-0.2, 0) is 9.59 Å². The van der Waals surface area contributed by atoms with Crippen molar-refractivity contribution >= 4 is 28.5 Å². The first kappa shape index (κ1) is 18.1. The molecule has 1 atom stereocenters. The van der Waals surface area contributed by atoms with Crippen molar-refractivity contribution in [2.24, 2.45) is 0 Å². The number of carbonyl (C=O) groups excluding carboxylic acids is 3. The summed E-state index contributed by atoms with van der Waals surface area (Å²) >= 11 is 0. The number of nitrogens with zero attached hydrogens (tertiary/aromatic N) is 2. The van der Waals surface area contributed by atoms with Gasteiger partial charge in [-0.25, -0.2) is 0 Å². The third kappa shape index (κ3) is 3.94. The molecule has 0 spiro atoms. The molecule has 0 aliphatic carbocycles. The number of fused-ring (bicyclic) bond motifs is 1. The van der Waals surface area contributed by atoms with Crippen LogP contribution in [0.4, 0.5) is 0 Å². The molecule has 1 aromatic heterocycles. The van der Waals surface area contributed by atoms with Gasteiger partial charge in [-0.2, -0.15) is 0 Å². The summed E-state index contributed by atoms with van der Waals surface area (Å²) in [5, 5.41) is 10.2. The van der Waals surface area contributed by atoms with Crippen LogP contribution in [0.5, 0.6) is 0 Å². The van der Waals surface area contributed by atoms with Gasteiger partial charge in [0.1, 0.15) is 5.69 Å². The van der Waals surface area contributed by atoms with E-state index in [-0.39, 0.29) is 18.7 Å². The zero-order chi connectivity index (χ0) is 18.7. The monoisotopic (exact) mass is 357 g/mol. The van der Waals surface area contributed by atoms with Gasteiger partial charge in [0.2, 0.25) is 5.78 Å². The van der Waals surface area contributed by atoms with Crippen molar-refractivity contribution < 1.29 is 19.5 Å². The number of aromatic nitrogens is 1. The van der Waals surface area contributed by atoms with Crippen molar-refractivity contribution in [3.8, 4) is 0 Å². The van der Waals surface area contributed by atoms with Crippen molar-refractivity contribution in [1.29, 1.82) is 0 Å². The van der Waals surface area contributed by atoms with Crippen LogP contribution in [-0.4, -0.2) is 69.8 Å². The van der Waals surface area contributed by atoms with Crippen LogP contribution in [0, 0.1) is 0 Å². The lowest BCUT2D eigenvalue weighted by molar-refractivity contribution is -0.145. The van der Waals surface area contributed by atoms with E-state index in [9.17, 15) is 19.5 Å². The fraction of sp³-hybridized carbons (Fsp3) is 0.421. The predicted molar refractivity (Wildman–Crippen MR) is 96.7 cm³/mol. The topological polar surface area (TPSA) is 93.7 Å². The highest BCUT2D eigenvalue weighted by molar-refractivity contribution is 6.36. The van der Waals surface area contributed by atoms with E-state index in [4.69, 9.17) is 0 Å². The number of nitrogens with one attached hydrogen (secondary N) is 1. The molecule has 1 saturated heterocycles. The molecule has 0 unspecified atom stereocenters. The Balaban J connectivity index is 1.56. The number of Topliss-reactive ketones (excluding diaryl/α,β-unsaturated/α-hetero) is 1. The van der Waals surface area contributed by atoms with Gasteiger partial charge in [0.25, 0.3) is 11.8 Å². The summed E-state index contributed by atoms with van der Waals surface area (Å²) < 4.78 is 0. The molecule has 1 aliphatic heterocycles. The molecule has 1 fully saturated rings. The Morgan fingerprint density at radius 2 is 1.77 bits per heavy atom. The first-order chi connectivity index (χ1) is 12.5. The Morgan fingerprint density at radius 1 is 1.12 bits per heavy atom. The number of amides is 2. The van der Waals surface area contributed by atoms with Crippen LogP contribution in [0.3, 0.4) is 0 Å². The minimum atomic E-state index is -0.600. The molecule has 7 nitrogen and oxygen atoms in total. The van der Waals surface area contributed by atoms with Gasteiger partial charge in [-0.05, 0) is 25.5 Å². The van der Waals surface area contributed by atoms with Gasteiger partial charge >= 0.3 is 0 Å². The number of aliphatic hydroxyl groups is 1. The third-order valence-corrected chi connectivity index (χ3v) is 4.64. The van der Waals surface area contributed by atoms with Gasteiger partial charge in [-0.15, -0.1) is 0 Å². The van der Waals surface area contributed by atoms with Gasteiger partial charge in [0, 0.05) is 43.5 Å². The Labute approximate surface area is 151 Å². The molecule has 1 aromatic carbocycles. The second kappa shape index (κ2) is 7.70. The van der Waals surface area contributed by atoms with Gasteiger partial charge in [0.15, 0.2) is 0 Å². The van der Waals surface area contributed by atoms with E-state index in [0.29, 0.717) is 31.9 Å². The normalized spacial score (nSPS) is 15.9. The number of aliphatic hydroxyl groups excluding tert-OH is 1. The molecular formula is C19H23N3O4. The minimum Gasteiger partial charge on any atom is -0.393 e. The number of carbonyl (C=O) groups is 3. The molecule has 138 valence electrons. The van der Waals surface area contributed by atoms with Crippen molar-refractivity contribution in [3.63, 3.8) is 0 Å². The number of hydrogen-bond acceptors (Lipinski definition) is 4. The first-order valence-corrected chi connectivity index (χ1v) is 8.83. The quantitative estimate of drug-likeness (QED) is 0.786. The van der Waals surface area contributed by atoms with E-state index in [1.807, 2.05) is 30.3 Å². The van der Waals surface area contributed by atoms with Crippen LogP contribution in [0.25, 0.3) is 10.9 Å². The lowest BCUT2D eigenvalue weighted by atomic mass is 10.1. The number of ketones is 1. The lowest BCUT2D eigenvalue weighted by Crippen LogP contribution is -2.52. The number of aromatic amines is 1. The lowest BCUT2D eigenvalue weighted by Gasteiger charge is -2.34. The van der Waals surface area contributed by atoms with E-state index in [0.717, 1.165) is 10.9 Å². The van der Waals surface area contributed by atoms with Crippen LogP contribution >= 0.6 is 0 Å². The van der Waals surface area contributed by atoms with E-state index in [1.54, 1.807) is 11.8 Å². The molecule has 7 heteroatoms. The minimum absolute atomic E-state index is 0.0463. The van der Waals surface area contributed by atoms with Gasteiger partial charge in [0.05, 0.1) is 6.10 Å². The maximum atomic E-state index is 12.7. The number of hydrogen-bond donors (Lipinski definition) is 2. The average Bonchev–Trinajstić information content (AvgIpc) is 3.09. The summed E-state index contributed by atoms with van der Waals surface area (Å²) in [5.41, 5.74) is 1.44. The van der Waals surface area contributed by atoms with E-state index >= 15 is 0 Å². The van der Waals surface area contributed by atoms with Crippen LogP contribution < -0.4 is 0 Å². The van der Waals surface area contributed by atoms with Crippen LogP contribution in [0.15, 0.2) is 30.3 Å². The zero-order valence-electron chi connectivity index (χ0n) is 14.8. The molecule has 3 rings (SSSR count). The SMILES string of the molecule is C[C@@H](O)CCC(=O)C(=O)N1CCN(C(=O)c2cc3ccccc3[nH]2)CC1. The summed E-state index contributed by atoms with van der Waals surface area (Å²) in [6.45, 7) is 3.05. The highest BCUT2D eigenvalue weighted by Crippen LogP contribution is 2.17. The number of rotatable bonds is 5. The largest absolute Gasteiger partial charge is 0.393 e. The van der Waals surface area contributed by atoms with Crippen molar-refractivity contribution in [2.45, 2.75) is 25.9 Å². The highest BCUT2D eigenvalue weighted by Gasteiger charge is 2.28. The molecule has 2 N–H and O–H groups in total. The van der Waals surface area contributed by atoms with Crippen LogP contribution in [0.2, 0.25) is 0 Å². The fourth-order valence-electron chi connectivity index (χ4n) is 3.09. The fourth-order valence-corrected chi connectivity index (χ4v) is 3.09. The smallest absolute Gasteiger partial charge is 0.290 e. The molecule has 2 heterocycles. The maximum absolute atomic E-state index is 12.7. The maximum Gasteiger partial charge on any atom is 0.290 e. The molecule has 1 aliphatic rings. The first-order valence-electron chi connectivity index (χ1n) is 8.83. The average molecular weight is 357 g/mol. The number of benzene rings is 1. The summed E-state index contributed by atoms with van der Waals surface area (Å²) in [5.74, 6) is -1.11.